The third kappa shape index (κ3) is 3.04. The average Bonchev–Trinajstić information content (AvgIpc) is 2.65. The average molecular weight is 330 g/mol. The maximum atomic E-state index is 12.5. The number of nitrogens with two attached hydrogens (primary N) is 1. The molecule has 0 fully saturated rings. The fraction of sp³-hybridized carbons (Fsp3) is 0.100. The predicted octanol–water partition coefficient (Wildman–Crippen LogP) is 3.29. The molecule has 124 valence electrons. The number of hydrogen-bond acceptors (Lipinski definition) is 4. The van der Waals surface area contributed by atoms with Crippen LogP contribution < -0.4 is 16.0 Å². The fourth-order valence-corrected chi connectivity index (χ4v) is 2.96. The number of rotatable bonds is 3. The molecule has 5 nitrogen and oxygen atoms in total. The van der Waals surface area contributed by atoms with E-state index in [-0.39, 0.29) is 12.5 Å². The van der Waals surface area contributed by atoms with E-state index < -0.39 is 0 Å². The summed E-state index contributed by atoms with van der Waals surface area (Å²) >= 11 is 0. The fourth-order valence-electron chi connectivity index (χ4n) is 2.96. The molecule has 0 unspecified atom stereocenters. The number of anilines is 3. The number of amides is 1. The third-order valence-corrected chi connectivity index (χ3v) is 4.29. The van der Waals surface area contributed by atoms with Crippen LogP contribution in [0.15, 0.2) is 66.9 Å². The Hall–Kier alpha value is -3.34. The topological polar surface area (TPSA) is 71.2 Å². The third-order valence-electron chi connectivity index (χ3n) is 4.29. The van der Waals surface area contributed by atoms with Gasteiger partial charge in [0.05, 0.1) is 18.8 Å². The van der Waals surface area contributed by atoms with Gasteiger partial charge in [-0.1, -0.05) is 42.5 Å². The zero-order valence-electron chi connectivity index (χ0n) is 13.6. The van der Waals surface area contributed by atoms with Crippen molar-refractivity contribution in [1.82, 2.24) is 4.98 Å². The lowest BCUT2D eigenvalue weighted by molar-refractivity contribution is -0.117. The molecule has 1 aliphatic heterocycles. The molecule has 1 aromatic heterocycles. The Labute approximate surface area is 146 Å². The van der Waals surface area contributed by atoms with Gasteiger partial charge in [0.25, 0.3) is 0 Å². The van der Waals surface area contributed by atoms with Crippen LogP contribution in [0.25, 0.3) is 11.1 Å². The van der Waals surface area contributed by atoms with Crippen LogP contribution in [-0.2, 0) is 11.3 Å². The van der Waals surface area contributed by atoms with Crippen LogP contribution in [0.5, 0.6) is 0 Å². The molecule has 0 aliphatic carbocycles. The van der Waals surface area contributed by atoms with E-state index in [4.69, 9.17) is 5.73 Å². The summed E-state index contributed by atoms with van der Waals surface area (Å²) in [6.45, 7) is 0.787. The first-order valence-corrected chi connectivity index (χ1v) is 8.15. The molecule has 1 amide bonds. The van der Waals surface area contributed by atoms with E-state index in [0.29, 0.717) is 6.54 Å². The smallest absolute Gasteiger partial charge is 0.246 e. The number of carbonyl (C=O) groups excluding carboxylic acids is 1. The van der Waals surface area contributed by atoms with Gasteiger partial charge in [0.2, 0.25) is 5.91 Å². The maximum absolute atomic E-state index is 12.5. The number of pyridine rings is 1. The van der Waals surface area contributed by atoms with Crippen molar-refractivity contribution in [2.75, 3.05) is 22.5 Å². The summed E-state index contributed by atoms with van der Waals surface area (Å²) in [5.41, 5.74) is 10.3. The van der Waals surface area contributed by atoms with Crippen LogP contribution in [0.1, 0.15) is 5.56 Å². The number of benzene rings is 2. The van der Waals surface area contributed by atoms with E-state index in [9.17, 15) is 4.79 Å². The van der Waals surface area contributed by atoms with Crippen molar-refractivity contribution >= 4 is 23.1 Å². The molecule has 2 heterocycles. The predicted molar refractivity (Wildman–Crippen MR) is 100 cm³/mol. The number of fused-ring (bicyclic) bond motifs is 1. The molecule has 0 bridgehead atoms. The van der Waals surface area contributed by atoms with Gasteiger partial charge in [0, 0.05) is 17.4 Å². The lowest BCUT2D eigenvalue weighted by atomic mass is 10.1. The van der Waals surface area contributed by atoms with Gasteiger partial charge in [-0.25, -0.2) is 4.98 Å². The number of hydrogen-bond donors (Lipinski definition) is 2. The van der Waals surface area contributed by atoms with Crippen LogP contribution in [0.3, 0.4) is 0 Å². The van der Waals surface area contributed by atoms with Crippen molar-refractivity contribution in [1.29, 1.82) is 0 Å². The Bertz CT molecular complexity index is 907. The molecule has 0 radical (unpaired) electrons. The molecular formula is C20H18N4O. The quantitative estimate of drug-likeness (QED) is 0.723. The van der Waals surface area contributed by atoms with Crippen molar-refractivity contribution < 1.29 is 4.79 Å². The van der Waals surface area contributed by atoms with E-state index >= 15 is 0 Å². The summed E-state index contributed by atoms with van der Waals surface area (Å²) in [7, 11) is 0. The highest BCUT2D eigenvalue weighted by molar-refractivity contribution is 6.02. The highest BCUT2D eigenvalue weighted by Gasteiger charge is 2.25. The normalized spacial score (nSPS) is 13.3. The zero-order chi connectivity index (χ0) is 17.2. The Morgan fingerprint density at radius 3 is 2.56 bits per heavy atom. The number of nitrogens with zero attached hydrogens (tertiary/aromatic N) is 2. The van der Waals surface area contributed by atoms with Gasteiger partial charge in [0.15, 0.2) is 5.82 Å². The van der Waals surface area contributed by atoms with Crippen LogP contribution >= 0.6 is 0 Å². The zero-order valence-corrected chi connectivity index (χ0v) is 13.6. The second-order valence-electron chi connectivity index (χ2n) is 6.03. The number of carbonyl (C=O) groups is 1. The first kappa shape index (κ1) is 15.2. The van der Waals surface area contributed by atoms with E-state index in [1.54, 1.807) is 4.90 Å². The summed E-state index contributed by atoms with van der Waals surface area (Å²) in [4.78, 5) is 18.8. The minimum absolute atomic E-state index is 0.0348. The Balaban J connectivity index is 1.73. The first-order chi connectivity index (χ1) is 12.2. The van der Waals surface area contributed by atoms with Gasteiger partial charge < -0.3 is 16.0 Å². The highest BCUT2D eigenvalue weighted by atomic mass is 16.2. The first-order valence-electron chi connectivity index (χ1n) is 8.15. The number of aromatic nitrogens is 1. The van der Waals surface area contributed by atoms with Crippen molar-refractivity contribution in [2.24, 2.45) is 0 Å². The van der Waals surface area contributed by atoms with Crippen molar-refractivity contribution in [3.8, 4) is 11.1 Å². The molecule has 1 aliphatic rings. The molecule has 3 aromatic rings. The van der Waals surface area contributed by atoms with Gasteiger partial charge in [-0.2, -0.15) is 0 Å². The molecule has 5 heteroatoms. The highest BCUT2D eigenvalue weighted by Crippen LogP contribution is 2.33. The van der Waals surface area contributed by atoms with Gasteiger partial charge >= 0.3 is 0 Å². The van der Waals surface area contributed by atoms with Crippen molar-refractivity contribution in [3.63, 3.8) is 0 Å². The second-order valence-corrected chi connectivity index (χ2v) is 6.03. The van der Waals surface area contributed by atoms with Gasteiger partial charge in [-0.3, -0.25) is 4.79 Å². The van der Waals surface area contributed by atoms with Crippen molar-refractivity contribution in [3.05, 3.63) is 72.4 Å². The van der Waals surface area contributed by atoms with Crippen LogP contribution in [0.2, 0.25) is 0 Å². The molecule has 3 N–H and O–H groups in total. The van der Waals surface area contributed by atoms with E-state index in [0.717, 1.165) is 33.9 Å². The Kier molecular flexibility index (Phi) is 3.82. The van der Waals surface area contributed by atoms with E-state index in [1.165, 1.54) is 0 Å². The monoisotopic (exact) mass is 330 g/mol. The second kappa shape index (κ2) is 6.28. The molecule has 25 heavy (non-hydrogen) atoms. The minimum Gasteiger partial charge on any atom is -0.399 e. The summed E-state index contributed by atoms with van der Waals surface area (Å²) in [6, 6.07) is 19.6. The maximum Gasteiger partial charge on any atom is 0.246 e. The van der Waals surface area contributed by atoms with Crippen LogP contribution in [-0.4, -0.2) is 17.4 Å². The molecule has 2 aromatic carbocycles. The lowest BCUT2D eigenvalue weighted by Crippen LogP contribution is -2.39. The number of nitrogen functional groups attached to an aromatic ring is 1. The largest absolute Gasteiger partial charge is 0.399 e. The molecule has 4 rings (SSSR count). The summed E-state index contributed by atoms with van der Waals surface area (Å²) < 4.78 is 0. The summed E-state index contributed by atoms with van der Waals surface area (Å²) in [5, 5.41) is 3.09. The summed E-state index contributed by atoms with van der Waals surface area (Å²) in [6.07, 6.45) is 1.81. The Morgan fingerprint density at radius 2 is 1.80 bits per heavy atom. The van der Waals surface area contributed by atoms with E-state index in [2.05, 4.69) is 10.3 Å². The van der Waals surface area contributed by atoms with Crippen molar-refractivity contribution in [2.45, 2.75) is 6.54 Å². The molecule has 0 saturated carbocycles. The SMILES string of the molecule is Nc1ccc(-c2cnc3c(c2)N(Cc2ccccc2)C(=O)CN3)cc1. The molecule has 0 saturated heterocycles. The van der Waals surface area contributed by atoms with Gasteiger partial charge in [0.1, 0.15) is 0 Å². The van der Waals surface area contributed by atoms with Gasteiger partial charge in [-0.05, 0) is 29.3 Å². The summed E-state index contributed by atoms with van der Waals surface area (Å²) in [5.74, 6) is 0.766. The van der Waals surface area contributed by atoms with Gasteiger partial charge in [-0.15, -0.1) is 0 Å². The minimum atomic E-state index is 0.0348. The molecule has 0 spiro atoms. The standard InChI is InChI=1S/C20H18N4O/c21-17-8-6-15(7-9-17)16-10-18-20(22-11-16)23-12-19(25)24(18)13-14-4-2-1-3-5-14/h1-11H,12-13,21H2,(H,22,23). The number of nitrogens with one attached hydrogen (secondary N) is 1. The Morgan fingerprint density at radius 1 is 1.04 bits per heavy atom. The van der Waals surface area contributed by atoms with E-state index in [1.807, 2.05) is 66.9 Å². The molecular weight excluding hydrogens is 312 g/mol. The lowest BCUT2D eigenvalue weighted by Gasteiger charge is -2.30. The molecule has 0 atom stereocenters. The van der Waals surface area contributed by atoms with Crippen LogP contribution in [0.4, 0.5) is 17.2 Å². The van der Waals surface area contributed by atoms with Crippen LogP contribution in [0, 0.1) is 0 Å².